The van der Waals surface area contributed by atoms with Crippen LogP contribution in [0.3, 0.4) is 0 Å². The van der Waals surface area contributed by atoms with E-state index in [2.05, 4.69) is 16.2 Å². The Balaban J connectivity index is 1.67. The number of nitrogens with one attached hydrogen (secondary N) is 3. The smallest absolute Gasteiger partial charge is 0.224 e. The molecule has 6 nitrogen and oxygen atoms in total. The predicted molar refractivity (Wildman–Crippen MR) is 74.7 cm³/mol. The van der Waals surface area contributed by atoms with E-state index in [9.17, 15) is 4.79 Å². The molecule has 1 aliphatic heterocycles. The third-order valence-corrected chi connectivity index (χ3v) is 3.27. The lowest BCUT2D eigenvalue weighted by Crippen LogP contribution is -2.46. The Morgan fingerprint density at radius 2 is 2.21 bits per heavy atom. The third kappa shape index (κ3) is 4.29. The molecule has 1 amide bonds. The van der Waals surface area contributed by atoms with Crippen molar-refractivity contribution < 1.29 is 4.79 Å². The van der Waals surface area contributed by atoms with Gasteiger partial charge in [-0.25, -0.2) is 5.01 Å². The number of nitrogens with two attached hydrogens (primary N) is 1. The van der Waals surface area contributed by atoms with Crippen LogP contribution in [0.25, 0.3) is 0 Å². The Morgan fingerprint density at radius 1 is 1.42 bits per heavy atom. The second kappa shape index (κ2) is 7.20. The maximum Gasteiger partial charge on any atom is 0.224 e. The van der Waals surface area contributed by atoms with E-state index in [-0.39, 0.29) is 5.91 Å². The first-order valence-corrected chi connectivity index (χ1v) is 6.58. The van der Waals surface area contributed by atoms with Crippen LogP contribution in [-0.2, 0) is 4.79 Å². The minimum absolute atomic E-state index is 0.0596. The highest BCUT2D eigenvalue weighted by Gasteiger charge is 2.22. The summed E-state index contributed by atoms with van der Waals surface area (Å²) in [5, 5.41) is 8.07. The maximum atomic E-state index is 11.8. The van der Waals surface area contributed by atoms with Crippen molar-refractivity contribution in [2.24, 2.45) is 5.84 Å². The van der Waals surface area contributed by atoms with E-state index >= 15 is 0 Å². The van der Waals surface area contributed by atoms with Gasteiger partial charge in [0.25, 0.3) is 0 Å². The van der Waals surface area contributed by atoms with Gasteiger partial charge in [-0.1, -0.05) is 18.2 Å². The summed E-state index contributed by atoms with van der Waals surface area (Å²) in [6.07, 6.45) is 2.33. The highest BCUT2D eigenvalue weighted by atomic mass is 16.1. The number of rotatable bonds is 6. The van der Waals surface area contributed by atoms with Gasteiger partial charge in [-0.15, -0.1) is 0 Å². The molecule has 2 rings (SSSR count). The molecule has 6 heteroatoms. The van der Waals surface area contributed by atoms with Crippen LogP contribution in [0.15, 0.2) is 30.3 Å². The number of carbonyl (C=O) groups excluding carboxylic acids is 1. The van der Waals surface area contributed by atoms with Crippen LogP contribution in [0, 0.1) is 0 Å². The highest BCUT2D eigenvalue weighted by Crippen LogP contribution is 2.11. The molecule has 1 fully saturated rings. The first kappa shape index (κ1) is 14.0. The number of carbonyl (C=O) groups is 1. The Morgan fingerprint density at radius 3 is 2.95 bits per heavy atom. The molecule has 1 unspecified atom stereocenters. The Hall–Kier alpha value is -1.47. The summed E-state index contributed by atoms with van der Waals surface area (Å²) in [6, 6.07) is 9.87. The number of benzene rings is 1. The standard InChI is InChI=1S/C13H21N5O/c14-17-18-10-15-9-12(18)7-4-8-13(19)16-11-5-2-1-3-6-11/h1-3,5-6,12,15,17H,4,7-10,14H2,(H,16,19). The van der Waals surface area contributed by atoms with E-state index in [1.54, 1.807) is 0 Å². The molecule has 0 bridgehead atoms. The molecule has 1 saturated heterocycles. The Bertz CT molecular complexity index is 397. The van der Waals surface area contributed by atoms with Crippen molar-refractivity contribution in [2.45, 2.75) is 25.3 Å². The average molecular weight is 263 g/mol. The Labute approximate surface area is 113 Å². The monoisotopic (exact) mass is 263 g/mol. The molecule has 1 aromatic rings. The van der Waals surface area contributed by atoms with Crippen LogP contribution < -0.4 is 22.0 Å². The van der Waals surface area contributed by atoms with Crippen LogP contribution in [0.5, 0.6) is 0 Å². The molecule has 1 heterocycles. The molecule has 0 aliphatic carbocycles. The fourth-order valence-electron chi connectivity index (χ4n) is 2.24. The van der Waals surface area contributed by atoms with E-state index in [4.69, 9.17) is 5.84 Å². The number of anilines is 1. The normalized spacial score (nSPS) is 19.5. The Kier molecular flexibility index (Phi) is 5.29. The van der Waals surface area contributed by atoms with Crippen LogP contribution in [0.4, 0.5) is 5.69 Å². The summed E-state index contributed by atoms with van der Waals surface area (Å²) >= 11 is 0. The van der Waals surface area contributed by atoms with Gasteiger partial charge in [0.1, 0.15) is 0 Å². The lowest BCUT2D eigenvalue weighted by Gasteiger charge is -2.21. The lowest BCUT2D eigenvalue weighted by atomic mass is 10.1. The zero-order chi connectivity index (χ0) is 13.5. The van der Waals surface area contributed by atoms with E-state index in [1.165, 1.54) is 0 Å². The SMILES string of the molecule is NNN1CNCC1CCCC(=O)Nc1ccccc1. The highest BCUT2D eigenvalue weighted by molar-refractivity contribution is 5.90. The predicted octanol–water partition coefficient (Wildman–Crippen LogP) is 0.405. The second-order valence-electron chi connectivity index (χ2n) is 4.67. The third-order valence-electron chi connectivity index (χ3n) is 3.27. The van der Waals surface area contributed by atoms with Gasteiger partial charge in [-0.2, -0.15) is 5.53 Å². The number of hydrogen-bond donors (Lipinski definition) is 4. The number of para-hydroxylation sites is 1. The van der Waals surface area contributed by atoms with E-state index in [0.717, 1.165) is 31.7 Å². The van der Waals surface area contributed by atoms with Gasteiger partial charge in [0.2, 0.25) is 5.91 Å². The van der Waals surface area contributed by atoms with Crippen LogP contribution >= 0.6 is 0 Å². The summed E-state index contributed by atoms with van der Waals surface area (Å²) in [6.45, 7) is 1.65. The summed E-state index contributed by atoms with van der Waals surface area (Å²) in [4.78, 5) is 11.8. The van der Waals surface area contributed by atoms with Crippen molar-refractivity contribution in [3.63, 3.8) is 0 Å². The van der Waals surface area contributed by atoms with E-state index in [1.807, 2.05) is 35.3 Å². The van der Waals surface area contributed by atoms with Gasteiger partial charge in [0.05, 0.1) is 6.67 Å². The molecule has 1 aromatic carbocycles. The van der Waals surface area contributed by atoms with Crippen molar-refractivity contribution in [3.8, 4) is 0 Å². The van der Waals surface area contributed by atoms with Crippen molar-refractivity contribution >= 4 is 11.6 Å². The number of nitrogens with zero attached hydrogens (tertiary/aromatic N) is 1. The summed E-state index contributed by atoms with van der Waals surface area (Å²) in [7, 11) is 0. The van der Waals surface area contributed by atoms with Gasteiger partial charge in [0.15, 0.2) is 0 Å². The minimum Gasteiger partial charge on any atom is -0.326 e. The molecular formula is C13H21N5O. The zero-order valence-corrected chi connectivity index (χ0v) is 10.9. The molecule has 0 radical (unpaired) electrons. The largest absolute Gasteiger partial charge is 0.326 e. The molecule has 1 atom stereocenters. The fourth-order valence-corrected chi connectivity index (χ4v) is 2.24. The van der Waals surface area contributed by atoms with Gasteiger partial charge in [-0.05, 0) is 25.0 Å². The zero-order valence-electron chi connectivity index (χ0n) is 10.9. The van der Waals surface area contributed by atoms with Crippen molar-refractivity contribution in [1.82, 2.24) is 15.9 Å². The number of hydrogen-bond acceptors (Lipinski definition) is 5. The summed E-state index contributed by atoms with van der Waals surface area (Å²) in [5.41, 5.74) is 3.51. The van der Waals surface area contributed by atoms with E-state index < -0.39 is 0 Å². The van der Waals surface area contributed by atoms with Gasteiger partial charge >= 0.3 is 0 Å². The minimum atomic E-state index is 0.0596. The van der Waals surface area contributed by atoms with Crippen LogP contribution in [0.1, 0.15) is 19.3 Å². The van der Waals surface area contributed by atoms with Crippen molar-refractivity contribution in [2.75, 3.05) is 18.5 Å². The van der Waals surface area contributed by atoms with Crippen molar-refractivity contribution in [1.29, 1.82) is 0 Å². The molecule has 1 aliphatic rings. The first-order chi connectivity index (χ1) is 9.29. The summed E-state index contributed by atoms with van der Waals surface area (Å²) in [5.74, 6) is 5.47. The molecule has 5 N–H and O–H groups in total. The fraction of sp³-hybridized carbons (Fsp3) is 0.462. The van der Waals surface area contributed by atoms with Gasteiger partial charge < -0.3 is 10.6 Å². The first-order valence-electron chi connectivity index (χ1n) is 6.58. The molecule has 0 aromatic heterocycles. The maximum absolute atomic E-state index is 11.8. The van der Waals surface area contributed by atoms with Gasteiger partial charge in [-0.3, -0.25) is 10.6 Å². The van der Waals surface area contributed by atoms with Crippen LogP contribution in [0.2, 0.25) is 0 Å². The number of hydrazine groups is 2. The van der Waals surface area contributed by atoms with Gasteiger partial charge in [0, 0.05) is 24.7 Å². The molecule has 19 heavy (non-hydrogen) atoms. The second-order valence-corrected chi connectivity index (χ2v) is 4.67. The lowest BCUT2D eigenvalue weighted by molar-refractivity contribution is -0.116. The number of amides is 1. The van der Waals surface area contributed by atoms with Crippen LogP contribution in [-0.4, -0.2) is 30.2 Å². The summed E-state index contributed by atoms with van der Waals surface area (Å²) < 4.78 is 0. The molecule has 0 spiro atoms. The van der Waals surface area contributed by atoms with E-state index in [0.29, 0.717) is 12.5 Å². The molecular weight excluding hydrogens is 242 g/mol. The quantitative estimate of drug-likeness (QED) is 0.441. The average Bonchev–Trinajstić information content (AvgIpc) is 2.87. The topological polar surface area (TPSA) is 82.4 Å². The molecule has 0 saturated carbocycles. The molecule has 104 valence electrons. The van der Waals surface area contributed by atoms with Crippen molar-refractivity contribution in [3.05, 3.63) is 30.3 Å².